The summed E-state index contributed by atoms with van der Waals surface area (Å²) in [6, 6.07) is 6.09. The van der Waals surface area contributed by atoms with E-state index in [-0.39, 0.29) is 0 Å². The average Bonchev–Trinajstić information content (AvgIpc) is 2.88. The number of nitrogens with zero attached hydrogens (tertiary/aromatic N) is 2. The van der Waals surface area contributed by atoms with Crippen LogP contribution in [0.4, 0.5) is 5.95 Å². The maximum absolute atomic E-state index is 5.97. The molecule has 0 saturated heterocycles. The maximum Gasteiger partial charge on any atom is 0.201 e. The third kappa shape index (κ3) is 1.61. The predicted molar refractivity (Wildman–Crippen MR) is 69.2 cm³/mol. The molecule has 4 heteroatoms. The van der Waals surface area contributed by atoms with Gasteiger partial charge in [-0.05, 0) is 36.5 Å². The molecule has 1 heterocycles. The molecule has 3 nitrogen and oxygen atoms in total. The highest BCUT2D eigenvalue weighted by atomic mass is 79.9. The van der Waals surface area contributed by atoms with Crippen molar-refractivity contribution < 1.29 is 0 Å². The van der Waals surface area contributed by atoms with Crippen molar-refractivity contribution in [1.82, 2.24) is 9.55 Å². The van der Waals surface area contributed by atoms with E-state index in [4.69, 9.17) is 5.73 Å². The van der Waals surface area contributed by atoms with Crippen LogP contribution in [0.3, 0.4) is 0 Å². The highest BCUT2D eigenvalue weighted by molar-refractivity contribution is 9.10. The quantitative estimate of drug-likeness (QED) is 0.918. The number of aromatic nitrogens is 2. The molecular formula is C12H14BrN3. The van der Waals surface area contributed by atoms with E-state index in [2.05, 4.69) is 38.5 Å². The van der Waals surface area contributed by atoms with Gasteiger partial charge in [-0.3, -0.25) is 0 Å². The van der Waals surface area contributed by atoms with Gasteiger partial charge in [0.15, 0.2) is 0 Å². The number of nitrogens with two attached hydrogens (primary N) is 1. The predicted octanol–water partition coefficient (Wildman–Crippen LogP) is 3.18. The zero-order chi connectivity index (χ0) is 11.3. The molecule has 1 aromatic carbocycles. The van der Waals surface area contributed by atoms with Gasteiger partial charge in [0, 0.05) is 11.0 Å². The lowest BCUT2D eigenvalue weighted by Gasteiger charge is -2.11. The molecule has 3 rings (SSSR count). The van der Waals surface area contributed by atoms with Gasteiger partial charge in [0.1, 0.15) is 0 Å². The largest absolute Gasteiger partial charge is 0.369 e. The molecule has 1 fully saturated rings. The summed E-state index contributed by atoms with van der Waals surface area (Å²) in [4.78, 5) is 4.39. The highest BCUT2D eigenvalue weighted by Crippen LogP contribution is 2.47. The second-order valence-corrected chi connectivity index (χ2v) is 5.92. The van der Waals surface area contributed by atoms with Crippen molar-refractivity contribution in [3.05, 3.63) is 22.7 Å². The summed E-state index contributed by atoms with van der Waals surface area (Å²) >= 11 is 3.49. The van der Waals surface area contributed by atoms with Crippen molar-refractivity contribution in [2.75, 3.05) is 5.73 Å². The average molecular weight is 280 g/mol. The fourth-order valence-electron chi connectivity index (χ4n) is 2.03. The lowest BCUT2D eigenvalue weighted by Crippen LogP contribution is -2.10. The molecule has 1 aliphatic rings. The molecule has 0 aliphatic heterocycles. The van der Waals surface area contributed by atoms with E-state index >= 15 is 0 Å². The van der Waals surface area contributed by atoms with Gasteiger partial charge in [0.25, 0.3) is 0 Å². The van der Waals surface area contributed by atoms with Crippen LogP contribution in [-0.2, 0) is 6.54 Å². The fraction of sp³-hybridized carbons (Fsp3) is 0.417. The first-order valence-electron chi connectivity index (χ1n) is 5.49. The number of rotatable bonds is 2. The van der Waals surface area contributed by atoms with Crippen LogP contribution < -0.4 is 5.73 Å². The molecule has 0 unspecified atom stereocenters. The number of benzene rings is 1. The molecule has 84 valence electrons. The maximum atomic E-state index is 5.97. The Kier molecular flexibility index (Phi) is 2.05. The van der Waals surface area contributed by atoms with E-state index in [1.165, 1.54) is 12.8 Å². The Bertz CT molecular complexity index is 555. The Balaban J connectivity index is 2.14. The van der Waals surface area contributed by atoms with Crippen LogP contribution in [0.5, 0.6) is 0 Å². The van der Waals surface area contributed by atoms with Gasteiger partial charge in [-0.1, -0.05) is 22.9 Å². The van der Waals surface area contributed by atoms with Crippen LogP contribution in [-0.4, -0.2) is 9.55 Å². The van der Waals surface area contributed by atoms with Crippen molar-refractivity contribution in [3.63, 3.8) is 0 Å². The SMILES string of the molecule is CC1(Cn2c(N)nc3ccc(Br)cc32)CC1. The van der Waals surface area contributed by atoms with Crippen molar-refractivity contribution in [2.45, 2.75) is 26.3 Å². The number of halogens is 1. The summed E-state index contributed by atoms with van der Waals surface area (Å²) < 4.78 is 3.20. The highest BCUT2D eigenvalue weighted by Gasteiger charge is 2.38. The minimum atomic E-state index is 0.435. The topological polar surface area (TPSA) is 43.8 Å². The molecule has 0 atom stereocenters. The van der Waals surface area contributed by atoms with E-state index in [0.29, 0.717) is 11.4 Å². The van der Waals surface area contributed by atoms with Crippen LogP contribution in [0.25, 0.3) is 11.0 Å². The molecule has 1 saturated carbocycles. The summed E-state index contributed by atoms with van der Waals surface area (Å²) in [5, 5.41) is 0. The first kappa shape index (κ1) is 10.1. The fourth-order valence-corrected chi connectivity index (χ4v) is 2.38. The molecule has 0 amide bonds. The Morgan fingerprint density at radius 2 is 2.25 bits per heavy atom. The Morgan fingerprint density at radius 1 is 1.50 bits per heavy atom. The first-order chi connectivity index (χ1) is 7.57. The monoisotopic (exact) mass is 279 g/mol. The van der Waals surface area contributed by atoms with Crippen molar-refractivity contribution in [3.8, 4) is 0 Å². The minimum absolute atomic E-state index is 0.435. The third-order valence-corrected chi connectivity index (χ3v) is 3.88. The molecule has 0 radical (unpaired) electrons. The number of nitrogen functional groups attached to an aromatic ring is 1. The molecule has 0 spiro atoms. The van der Waals surface area contributed by atoms with Crippen LogP contribution in [0.1, 0.15) is 19.8 Å². The molecular weight excluding hydrogens is 266 g/mol. The van der Waals surface area contributed by atoms with E-state index in [0.717, 1.165) is 22.1 Å². The van der Waals surface area contributed by atoms with Gasteiger partial charge in [0.05, 0.1) is 11.0 Å². The van der Waals surface area contributed by atoms with Crippen LogP contribution in [0.15, 0.2) is 22.7 Å². The van der Waals surface area contributed by atoms with Crippen LogP contribution in [0.2, 0.25) is 0 Å². The van der Waals surface area contributed by atoms with Crippen molar-refractivity contribution in [1.29, 1.82) is 0 Å². The second-order valence-electron chi connectivity index (χ2n) is 5.00. The standard InChI is InChI=1S/C12H14BrN3/c1-12(4-5-12)7-16-10-6-8(13)2-3-9(10)15-11(16)14/h2-3,6H,4-5,7H2,1H3,(H2,14,15). The van der Waals surface area contributed by atoms with Gasteiger partial charge in [-0.15, -0.1) is 0 Å². The van der Waals surface area contributed by atoms with Crippen molar-refractivity contribution >= 4 is 32.9 Å². The van der Waals surface area contributed by atoms with Gasteiger partial charge in [-0.2, -0.15) is 0 Å². The summed E-state index contributed by atoms with van der Waals surface area (Å²) in [6.45, 7) is 3.28. The molecule has 1 aromatic heterocycles. The van der Waals surface area contributed by atoms with E-state index in [1.807, 2.05) is 12.1 Å². The number of hydrogen-bond acceptors (Lipinski definition) is 2. The molecule has 0 bridgehead atoms. The summed E-state index contributed by atoms with van der Waals surface area (Å²) in [5.41, 5.74) is 8.51. The smallest absolute Gasteiger partial charge is 0.201 e. The van der Waals surface area contributed by atoms with E-state index < -0.39 is 0 Å². The zero-order valence-electron chi connectivity index (χ0n) is 9.20. The zero-order valence-corrected chi connectivity index (χ0v) is 10.8. The molecule has 2 N–H and O–H groups in total. The van der Waals surface area contributed by atoms with Gasteiger partial charge in [-0.25, -0.2) is 4.98 Å². The van der Waals surface area contributed by atoms with Gasteiger partial charge in [0.2, 0.25) is 5.95 Å². The number of imidazole rings is 1. The normalized spacial score (nSPS) is 17.9. The first-order valence-corrected chi connectivity index (χ1v) is 6.28. The molecule has 1 aliphatic carbocycles. The lowest BCUT2D eigenvalue weighted by atomic mass is 10.1. The van der Waals surface area contributed by atoms with E-state index in [1.54, 1.807) is 0 Å². The Morgan fingerprint density at radius 3 is 2.94 bits per heavy atom. The Labute approximate surface area is 103 Å². The molecule has 2 aromatic rings. The summed E-state index contributed by atoms with van der Waals surface area (Å²) in [6.07, 6.45) is 2.58. The lowest BCUT2D eigenvalue weighted by molar-refractivity contribution is 0.476. The van der Waals surface area contributed by atoms with E-state index in [9.17, 15) is 0 Å². The molecule has 16 heavy (non-hydrogen) atoms. The van der Waals surface area contributed by atoms with Crippen molar-refractivity contribution in [2.24, 2.45) is 5.41 Å². The van der Waals surface area contributed by atoms with Crippen LogP contribution >= 0.6 is 15.9 Å². The Hall–Kier alpha value is -1.03. The van der Waals surface area contributed by atoms with Crippen LogP contribution in [0, 0.1) is 5.41 Å². The second kappa shape index (κ2) is 3.23. The van der Waals surface area contributed by atoms with Gasteiger partial charge < -0.3 is 10.3 Å². The summed E-state index contributed by atoms with van der Waals surface area (Å²) in [5.74, 6) is 0.626. The third-order valence-electron chi connectivity index (χ3n) is 3.38. The summed E-state index contributed by atoms with van der Waals surface area (Å²) in [7, 11) is 0. The number of fused-ring (bicyclic) bond motifs is 1. The number of anilines is 1. The van der Waals surface area contributed by atoms with Gasteiger partial charge >= 0.3 is 0 Å². The minimum Gasteiger partial charge on any atom is -0.369 e. The number of hydrogen-bond donors (Lipinski definition) is 1.